The first-order chi connectivity index (χ1) is 14.1. The molecule has 6 nitrogen and oxygen atoms in total. The molecule has 0 aliphatic heterocycles. The van der Waals surface area contributed by atoms with Gasteiger partial charge in [-0.1, -0.05) is 72.7 Å². The summed E-state index contributed by atoms with van der Waals surface area (Å²) in [5.74, 6) is 0.0795. The molecule has 3 aromatic rings. The molecule has 0 radical (unpaired) electrons. The van der Waals surface area contributed by atoms with Crippen LogP contribution in [0.1, 0.15) is 36.1 Å². The van der Waals surface area contributed by atoms with Crippen molar-refractivity contribution in [1.29, 1.82) is 0 Å². The van der Waals surface area contributed by atoms with Crippen molar-refractivity contribution in [1.82, 2.24) is 10.1 Å². The van der Waals surface area contributed by atoms with Crippen LogP contribution in [0.3, 0.4) is 0 Å². The average Bonchev–Trinajstić information content (AvgIpc) is 3.14. The molecule has 0 bridgehead atoms. The highest BCUT2D eigenvalue weighted by Crippen LogP contribution is 2.27. The monoisotopic (exact) mass is 391 g/mol. The van der Waals surface area contributed by atoms with Crippen molar-refractivity contribution < 1.29 is 14.1 Å². The summed E-state index contributed by atoms with van der Waals surface area (Å²) < 4.78 is 4.97. The van der Waals surface area contributed by atoms with E-state index < -0.39 is 5.92 Å². The van der Waals surface area contributed by atoms with E-state index in [0.29, 0.717) is 18.1 Å². The third-order valence-electron chi connectivity index (χ3n) is 4.55. The maximum Gasteiger partial charge on any atom is 0.245 e. The molecule has 3 rings (SSSR count). The fourth-order valence-electron chi connectivity index (χ4n) is 3.27. The van der Waals surface area contributed by atoms with Crippen LogP contribution in [-0.2, 0) is 9.59 Å². The Balaban J connectivity index is 1.83. The molecule has 0 fully saturated rings. The van der Waals surface area contributed by atoms with Crippen molar-refractivity contribution in [2.24, 2.45) is 0 Å². The number of nitrogens with zero attached hydrogens (tertiary/aromatic N) is 2. The van der Waals surface area contributed by atoms with Gasteiger partial charge in [0.05, 0.1) is 12.5 Å². The van der Waals surface area contributed by atoms with Crippen molar-refractivity contribution in [3.63, 3.8) is 0 Å². The Morgan fingerprint density at radius 3 is 2.10 bits per heavy atom. The van der Waals surface area contributed by atoms with Gasteiger partial charge >= 0.3 is 0 Å². The van der Waals surface area contributed by atoms with Crippen molar-refractivity contribution in [3.8, 4) is 0 Å². The number of carbonyl (C=O) groups is 2. The van der Waals surface area contributed by atoms with E-state index in [1.54, 1.807) is 17.9 Å². The topological polar surface area (TPSA) is 75.4 Å². The van der Waals surface area contributed by atoms with Crippen LogP contribution in [0.4, 0.5) is 5.82 Å². The van der Waals surface area contributed by atoms with Gasteiger partial charge in [0.15, 0.2) is 5.82 Å². The quantitative estimate of drug-likeness (QED) is 0.630. The van der Waals surface area contributed by atoms with Gasteiger partial charge in [-0.25, -0.2) is 0 Å². The van der Waals surface area contributed by atoms with E-state index in [1.165, 1.54) is 0 Å². The van der Waals surface area contributed by atoms with Crippen LogP contribution in [0.5, 0.6) is 0 Å². The van der Waals surface area contributed by atoms with Crippen LogP contribution in [0.2, 0.25) is 0 Å². The van der Waals surface area contributed by atoms with Gasteiger partial charge in [-0.05, 0) is 24.5 Å². The summed E-state index contributed by atoms with van der Waals surface area (Å²) in [5, 5.41) is 6.46. The van der Waals surface area contributed by atoms with Gasteiger partial charge in [0.2, 0.25) is 11.8 Å². The highest BCUT2D eigenvalue weighted by molar-refractivity contribution is 5.95. The smallest absolute Gasteiger partial charge is 0.245 e. The van der Waals surface area contributed by atoms with Crippen LogP contribution < -0.4 is 5.32 Å². The second-order valence-corrected chi connectivity index (χ2v) is 6.89. The first-order valence-electron chi connectivity index (χ1n) is 9.70. The van der Waals surface area contributed by atoms with Crippen molar-refractivity contribution in [3.05, 3.63) is 83.6 Å². The molecule has 2 aromatic carbocycles. The molecule has 1 heterocycles. The zero-order chi connectivity index (χ0) is 20.6. The van der Waals surface area contributed by atoms with Crippen LogP contribution in [-0.4, -0.2) is 35.0 Å². The Hall–Kier alpha value is -3.41. The zero-order valence-corrected chi connectivity index (χ0v) is 16.7. The Morgan fingerprint density at radius 1 is 1.03 bits per heavy atom. The molecule has 0 saturated carbocycles. The first kappa shape index (κ1) is 20.3. The normalized spacial score (nSPS) is 10.7. The molecule has 6 heteroatoms. The molecule has 2 amide bonds. The number of rotatable bonds is 8. The molecule has 29 heavy (non-hydrogen) atoms. The molecular weight excluding hydrogens is 366 g/mol. The third-order valence-corrected chi connectivity index (χ3v) is 4.55. The van der Waals surface area contributed by atoms with E-state index in [9.17, 15) is 9.59 Å². The number of carbonyl (C=O) groups excluding carboxylic acids is 2. The summed E-state index contributed by atoms with van der Waals surface area (Å²) in [6.45, 7) is 4.17. The summed E-state index contributed by atoms with van der Waals surface area (Å²) in [4.78, 5) is 27.7. The van der Waals surface area contributed by atoms with E-state index in [4.69, 9.17) is 4.52 Å². The maximum absolute atomic E-state index is 13.5. The van der Waals surface area contributed by atoms with Gasteiger partial charge in [0.1, 0.15) is 5.76 Å². The lowest BCUT2D eigenvalue weighted by Crippen LogP contribution is -2.41. The van der Waals surface area contributed by atoms with Gasteiger partial charge in [-0.3, -0.25) is 9.59 Å². The number of nitrogens with one attached hydrogen (secondary N) is 1. The molecule has 150 valence electrons. The summed E-state index contributed by atoms with van der Waals surface area (Å²) in [6.07, 6.45) is 0.748. The lowest BCUT2D eigenvalue weighted by molar-refractivity contribution is -0.135. The van der Waals surface area contributed by atoms with E-state index in [2.05, 4.69) is 10.5 Å². The second-order valence-electron chi connectivity index (χ2n) is 6.89. The number of anilines is 1. The Morgan fingerprint density at radius 2 is 1.62 bits per heavy atom. The molecule has 1 aromatic heterocycles. The van der Waals surface area contributed by atoms with Crippen LogP contribution in [0, 0.1) is 6.92 Å². The zero-order valence-electron chi connectivity index (χ0n) is 16.7. The highest BCUT2D eigenvalue weighted by Gasteiger charge is 2.28. The van der Waals surface area contributed by atoms with Gasteiger partial charge < -0.3 is 14.7 Å². The van der Waals surface area contributed by atoms with Gasteiger partial charge in [-0.15, -0.1) is 0 Å². The minimum absolute atomic E-state index is 0.0469. The van der Waals surface area contributed by atoms with E-state index in [-0.39, 0.29) is 18.4 Å². The maximum atomic E-state index is 13.5. The summed E-state index contributed by atoms with van der Waals surface area (Å²) in [6, 6.07) is 20.9. The van der Waals surface area contributed by atoms with E-state index >= 15 is 0 Å². The number of benzene rings is 2. The predicted octanol–water partition coefficient (Wildman–Crippen LogP) is 3.99. The fourth-order valence-corrected chi connectivity index (χ4v) is 3.27. The molecule has 0 atom stereocenters. The average molecular weight is 391 g/mol. The summed E-state index contributed by atoms with van der Waals surface area (Å²) in [5.41, 5.74) is 1.80. The van der Waals surface area contributed by atoms with E-state index in [0.717, 1.165) is 17.5 Å². The Kier molecular flexibility index (Phi) is 6.79. The fraction of sp³-hybridized carbons (Fsp3) is 0.261. The molecule has 0 unspecified atom stereocenters. The number of aromatic nitrogens is 1. The number of amides is 2. The molecule has 0 aliphatic rings. The number of hydrogen-bond donors (Lipinski definition) is 1. The highest BCUT2D eigenvalue weighted by atomic mass is 16.5. The second kappa shape index (κ2) is 9.68. The standard InChI is InChI=1S/C23H25N3O3/c1-3-14-26(16-21(27)24-20-15-17(2)29-25-20)23(28)22(18-10-6-4-7-11-18)19-12-8-5-9-13-19/h4-13,15,22H,3,14,16H2,1-2H3,(H,24,25,27). The molecular formula is C23H25N3O3. The molecule has 0 aliphatic carbocycles. The minimum Gasteiger partial charge on any atom is -0.360 e. The SMILES string of the molecule is CCCN(CC(=O)Nc1cc(C)on1)C(=O)C(c1ccccc1)c1ccccc1. The van der Waals surface area contributed by atoms with Crippen LogP contribution in [0.15, 0.2) is 71.3 Å². The third kappa shape index (κ3) is 5.31. The molecule has 0 saturated heterocycles. The van der Waals surface area contributed by atoms with Crippen molar-refractivity contribution in [2.45, 2.75) is 26.2 Å². The van der Waals surface area contributed by atoms with Crippen molar-refractivity contribution in [2.75, 3.05) is 18.4 Å². The molecule has 0 spiro atoms. The number of hydrogen-bond acceptors (Lipinski definition) is 4. The lowest BCUT2D eigenvalue weighted by Gasteiger charge is -2.27. The van der Waals surface area contributed by atoms with Gasteiger partial charge in [0.25, 0.3) is 0 Å². The predicted molar refractivity (Wildman–Crippen MR) is 111 cm³/mol. The minimum atomic E-state index is -0.467. The van der Waals surface area contributed by atoms with Crippen LogP contribution >= 0.6 is 0 Å². The van der Waals surface area contributed by atoms with Gasteiger partial charge in [0, 0.05) is 12.6 Å². The Labute approximate surface area is 170 Å². The molecule has 1 N–H and O–H groups in total. The summed E-state index contributed by atoms with van der Waals surface area (Å²) >= 11 is 0. The first-order valence-corrected chi connectivity index (χ1v) is 9.70. The lowest BCUT2D eigenvalue weighted by atomic mass is 9.90. The van der Waals surface area contributed by atoms with Gasteiger partial charge in [-0.2, -0.15) is 0 Å². The Bertz CT molecular complexity index is 899. The van der Waals surface area contributed by atoms with Crippen molar-refractivity contribution >= 4 is 17.6 Å². The number of aryl methyl sites for hydroxylation is 1. The van der Waals surface area contributed by atoms with E-state index in [1.807, 2.05) is 67.6 Å². The summed E-state index contributed by atoms with van der Waals surface area (Å²) in [7, 11) is 0. The van der Waals surface area contributed by atoms with Crippen LogP contribution in [0.25, 0.3) is 0 Å². The largest absolute Gasteiger partial charge is 0.360 e.